The van der Waals surface area contributed by atoms with Crippen LogP contribution in [0.4, 0.5) is 0 Å². The van der Waals surface area contributed by atoms with Gasteiger partial charge in [0.1, 0.15) is 0 Å². The maximum absolute atomic E-state index is 5.25. The first-order valence-electron chi connectivity index (χ1n) is 0.577. The zero-order valence-corrected chi connectivity index (χ0v) is 6.76. The van der Waals surface area contributed by atoms with Crippen molar-refractivity contribution in [3.63, 3.8) is 0 Å². The van der Waals surface area contributed by atoms with E-state index in [1.165, 1.54) is 0 Å². The molecule has 0 rings (SSSR count). The second-order valence-electron chi connectivity index (χ2n) is 0. The van der Waals surface area contributed by atoms with Gasteiger partial charge < -0.3 is 25.7 Å². The van der Waals surface area contributed by atoms with Crippen LogP contribution in [-0.4, -0.2) is 0 Å². The van der Waals surface area contributed by atoms with E-state index in [1.807, 2.05) is 0 Å². The van der Waals surface area contributed by atoms with E-state index in [0.717, 1.165) is 0 Å². The van der Waals surface area contributed by atoms with Gasteiger partial charge in [0.05, 0.1) is 0 Å². The monoisotopic (exact) mass is 282 g/mol. The third-order valence-corrected chi connectivity index (χ3v) is 0. The molecule has 0 aromatic rings. The van der Waals surface area contributed by atoms with Gasteiger partial charge >= 0.3 is 39.9 Å². The van der Waals surface area contributed by atoms with Crippen LogP contribution in [0.25, 0.3) is 0 Å². The maximum atomic E-state index is 5.25. The standard InChI is InChI=1S/2C2H.Th/c2*1-2;/h2*1H;/q2*-1;+2. The van der Waals surface area contributed by atoms with Gasteiger partial charge in [0, 0.05) is 0 Å². The molecule has 0 atom stereocenters. The van der Waals surface area contributed by atoms with Crippen LogP contribution in [0, 0.1) is 65.6 Å². The number of rotatable bonds is 0. The van der Waals surface area contributed by atoms with Crippen molar-refractivity contribution in [3.05, 3.63) is 12.8 Å². The predicted molar refractivity (Wildman–Crippen MR) is 16.4 cm³/mol. The minimum Gasteiger partial charge on any atom is -0.697 e. The summed E-state index contributed by atoms with van der Waals surface area (Å²) in [7, 11) is 0. The Hall–Kier alpha value is 0.445. The molecule has 0 saturated carbocycles. The van der Waals surface area contributed by atoms with Crippen molar-refractivity contribution < 1.29 is 39.9 Å². The van der Waals surface area contributed by atoms with Crippen LogP contribution in [-0.2, 0) is 0 Å². The normalized spacial score (nSPS) is 0.800. The summed E-state index contributed by atoms with van der Waals surface area (Å²) in [6.07, 6.45) is 18.0. The Labute approximate surface area is 65.0 Å². The van der Waals surface area contributed by atoms with Crippen LogP contribution >= 0.6 is 0 Å². The maximum Gasteiger partial charge on any atom is 2.00 e. The molecule has 0 nitrogen and oxygen atoms in total. The molecule has 1 heteroatoms. The molecular weight excluding hydrogens is 280 g/mol. The van der Waals surface area contributed by atoms with Gasteiger partial charge in [-0.05, 0) is 0 Å². The van der Waals surface area contributed by atoms with E-state index in [0.29, 0.717) is 0 Å². The van der Waals surface area contributed by atoms with Gasteiger partial charge in [0.15, 0.2) is 0 Å². The summed E-state index contributed by atoms with van der Waals surface area (Å²) >= 11 is 0. The van der Waals surface area contributed by atoms with Gasteiger partial charge in [-0.1, -0.05) is 0 Å². The predicted octanol–water partition coefficient (Wildman–Crippen LogP) is 0.412. The molecule has 0 heterocycles. The minimum atomic E-state index is 0. The van der Waals surface area contributed by atoms with E-state index in [2.05, 4.69) is 12.8 Å². The average Bonchev–Trinajstić information content (AvgIpc) is 1.50. The first-order valence-corrected chi connectivity index (χ1v) is 0.577. The molecule has 0 aromatic heterocycles. The smallest absolute Gasteiger partial charge is 0.697 e. The Morgan fingerprint density at radius 1 is 0.800 bits per heavy atom. The van der Waals surface area contributed by atoms with Crippen LogP contribution in [0.5, 0.6) is 0 Å². The van der Waals surface area contributed by atoms with Crippen LogP contribution in [0.2, 0.25) is 0 Å². The summed E-state index contributed by atoms with van der Waals surface area (Å²) in [5, 5.41) is 0. The van der Waals surface area contributed by atoms with Crippen molar-refractivity contribution in [2.75, 3.05) is 0 Å². The van der Waals surface area contributed by atoms with Crippen molar-refractivity contribution in [2.24, 2.45) is 0 Å². The van der Waals surface area contributed by atoms with E-state index < -0.39 is 0 Å². The zero-order valence-electron chi connectivity index (χ0n) is 2.65. The molecule has 0 aromatic carbocycles. The summed E-state index contributed by atoms with van der Waals surface area (Å²) in [4.78, 5) is 0. The molecule has 0 bridgehead atoms. The third kappa shape index (κ3) is 134. The van der Waals surface area contributed by atoms with Crippen LogP contribution in [0.3, 0.4) is 0 Å². The van der Waals surface area contributed by atoms with E-state index >= 15 is 0 Å². The molecule has 0 spiro atoms. The van der Waals surface area contributed by atoms with Crippen molar-refractivity contribution in [3.8, 4) is 12.8 Å². The van der Waals surface area contributed by atoms with Crippen molar-refractivity contribution in [2.45, 2.75) is 0 Å². The Morgan fingerprint density at radius 2 is 0.800 bits per heavy atom. The van der Waals surface area contributed by atoms with Crippen molar-refractivity contribution in [1.29, 1.82) is 0 Å². The molecule has 5 heavy (non-hydrogen) atoms. The topological polar surface area (TPSA) is 0 Å². The molecule has 0 aliphatic carbocycles. The largest absolute Gasteiger partial charge is 2.00 e. The van der Waals surface area contributed by atoms with E-state index in [1.54, 1.807) is 0 Å². The number of hydrogen-bond donors (Lipinski definition) is 0. The Kier molecular flexibility index (Phi) is 960. The SMILES string of the molecule is [C-]#C.[C-]#C.[Th+2]. The van der Waals surface area contributed by atoms with Crippen LogP contribution in [0.15, 0.2) is 0 Å². The molecule has 0 amide bonds. The zero-order chi connectivity index (χ0) is 4.00. The van der Waals surface area contributed by atoms with E-state index in [4.69, 9.17) is 12.8 Å². The second kappa shape index (κ2) is 267. The molecule has 0 aliphatic rings. The summed E-state index contributed by atoms with van der Waals surface area (Å²) in [6.45, 7) is 0. The Balaban J connectivity index is -0.0000000133. The summed E-state index contributed by atoms with van der Waals surface area (Å²) in [6, 6.07) is 0. The van der Waals surface area contributed by atoms with Gasteiger partial charge in [-0.15, -0.1) is 0 Å². The van der Waals surface area contributed by atoms with Crippen LogP contribution < -0.4 is 0 Å². The van der Waals surface area contributed by atoms with Gasteiger partial charge in [-0.25, -0.2) is 0 Å². The first kappa shape index (κ1) is 18.0. The van der Waals surface area contributed by atoms with Crippen LogP contribution in [0.1, 0.15) is 0 Å². The molecule has 22 valence electrons. The number of terminal acetylenes is 2. The molecule has 0 unspecified atom stereocenters. The van der Waals surface area contributed by atoms with E-state index in [9.17, 15) is 0 Å². The summed E-state index contributed by atoms with van der Waals surface area (Å²) in [5.74, 6) is 0. The molecule has 0 saturated heterocycles. The second-order valence-corrected chi connectivity index (χ2v) is 0. The van der Waals surface area contributed by atoms with Gasteiger partial charge in [-0.3, -0.25) is 0 Å². The fourth-order valence-electron chi connectivity index (χ4n) is 0. The summed E-state index contributed by atoms with van der Waals surface area (Å²) in [5.41, 5.74) is 0. The fraction of sp³-hybridized carbons (Fsp3) is 0. The van der Waals surface area contributed by atoms with Crippen molar-refractivity contribution in [1.82, 2.24) is 0 Å². The van der Waals surface area contributed by atoms with Crippen molar-refractivity contribution >= 4 is 0 Å². The molecular formula is C4H2Th. The minimum absolute atomic E-state index is 0. The molecule has 0 N–H and O–H groups in total. The van der Waals surface area contributed by atoms with Gasteiger partial charge in [-0.2, -0.15) is 0 Å². The quantitative estimate of drug-likeness (QED) is 0.446. The first-order chi connectivity index (χ1) is 2.00. The van der Waals surface area contributed by atoms with Gasteiger partial charge in [0.25, 0.3) is 0 Å². The molecule has 0 aliphatic heterocycles. The summed E-state index contributed by atoms with van der Waals surface area (Å²) < 4.78 is 0. The Morgan fingerprint density at radius 3 is 0.800 bits per heavy atom. The third-order valence-electron chi connectivity index (χ3n) is 0. The fourth-order valence-corrected chi connectivity index (χ4v) is 0. The molecule has 0 radical (unpaired) electrons. The average molecular weight is 282 g/mol. The Bertz CT molecular complexity index is 19.1. The molecule has 0 fully saturated rings. The van der Waals surface area contributed by atoms with Gasteiger partial charge in [0.2, 0.25) is 0 Å². The van der Waals surface area contributed by atoms with E-state index in [-0.39, 0.29) is 39.9 Å². The number of hydrogen-bond acceptors (Lipinski definition) is 0.